The number of hydrogen-bond donors (Lipinski definition) is 0. The molecule has 3 rings (SSSR count). The highest BCUT2D eigenvalue weighted by Crippen LogP contribution is 2.37. The van der Waals surface area contributed by atoms with Gasteiger partial charge in [0.05, 0.1) is 12.1 Å². The summed E-state index contributed by atoms with van der Waals surface area (Å²) < 4.78 is 5.48. The molecule has 0 amide bonds. The second-order valence-electron chi connectivity index (χ2n) is 6.24. The second kappa shape index (κ2) is 5.64. The van der Waals surface area contributed by atoms with Crippen LogP contribution in [0.25, 0.3) is 11.0 Å². The third kappa shape index (κ3) is 2.62. The molecule has 0 atom stereocenters. The summed E-state index contributed by atoms with van der Waals surface area (Å²) in [5, 5.41) is 0.930. The predicted octanol–water partition coefficient (Wildman–Crippen LogP) is 4.13. The van der Waals surface area contributed by atoms with Crippen LogP contribution in [0.15, 0.2) is 34.9 Å². The van der Waals surface area contributed by atoms with Gasteiger partial charge in [-0.15, -0.1) is 0 Å². The van der Waals surface area contributed by atoms with Crippen LogP contribution in [0, 0.1) is 5.41 Å². The van der Waals surface area contributed by atoms with E-state index in [-0.39, 0.29) is 5.78 Å². The molecule has 2 aromatic rings. The van der Waals surface area contributed by atoms with Gasteiger partial charge in [0.2, 0.25) is 0 Å². The fraction of sp³-hybridized carbons (Fsp3) is 0.500. The summed E-state index contributed by atoms with van der Waals surface area (Å²) in [5.41, 5.74) is 1.92. The highest BCUT2D eigenvalue weighted by atomic mass is 16.3. The number of carbonyl (C=O) groups is 1. The topological polar surface area (TPSA) is 33.5 Å². The molecule has 0 spiro atoms. The second-order valence-corrected chi connectivity index (χ2v) is 6.24. The minimum atomic E-state index is 0.169. The van der Waals surface area contributed by atoms with Gasteiger partial charge in [-0.05, 0) is 37.3 Å². The molecule has 1 aliphatic heterocycles. The maximum Gasteiger partial charge on any atom is 0.180 e. The van der Waals surface area contributed by atoms with Crippen LogP contribution in [-0.2, 0) is 0 Å². The predicted molar refractivity (Wildman–Crippen MR) is 84.6 cm³/mol. The van der Waals surface area contributed by atoms with Crippen molar-refractivity contribution in [3.8, 4) is 0 Å². The van der Waals surface area contributed by atoms with E-state index in [0.717, 1.165) is 29.6 Å². The molecule has 3 nitrogen and oxygen atoms in total. The Kier molecular flexibility index (Phi) is 3.85. The van der Waals surface area contributed by atoms with Gasteiger partial charge in [0.1, 0.15) is 11.8 Å². The fourth-order valence-electron chi connectivity index (χ4n) is 3.47. The highest BCUT2D eigenvalue weighted by Gasteiger charge is 2.35. The number of rotatable bonds is 5. The SMILES string of the molecule is CCC1(CC)CCN(CC(=O)c2coc3ccccc23)C1. The first-order valence-corrected chi connectivity index (χ1v) is 7.89. The van der Waals surface area contributed by atoms with Crippen LogP contribution < -0.4 is 0 Å². The van der Waals surface area contributed by atoms with Crippen molar-refractivity contribution in [1.29, 1.82) is 0 Å². The van der Waals surface area contributed by atoms with E-state index in [1.54, 1.807) is 6.26 Å². The van der Waals surface area contributed by atoms with Gasteiger partial charge in [-0.3, -0.25) is 9.69 Å². The Hall–Kier alpha value is -1.61. The van der Waals surface area contributed by atoms with E-state index in [9.17, 15) is 4.79 Å². The molecule has 2 heterocycles. The van der Waals surface area contributed by atoms with Gasteiger partial charge in [-0.2, -0.15) is 0 Å². The van der Waals surface area contributed by atoms with Crippen LogP contribution >= 0.6 is 0 Å². The van der Waals surface area contributed by atoms with Crippen molar-refractivity contribution in [1.82, 2.24) is 4.90 Å². The van der Waals surface area contributed by atoms with Crippen LogP contribution in [-0.4, -0.2) is 30.3 Å². The van der Waals surface area contributed by atoms with Gasteiger partial charge in [-0.1, -0.05) is 32.0 Å². The van der Waals surface area contributed by atoms with Crippen molar-refractivity contribution in [3.63, 3.8) is 0 Å². The first-order chi connectivity index (χ1) is 10.2. The molecule has 0 bridgehead atoms. The number of Topliss-reactive ketones (excluding diaryl/α,β-unsaturated/α-hetero) is 1. The molecular formula is C18H23NO2. The molecule has 0 radical (unpaired) electrons. The summed E-state index contributed by atoms with van der Waals surface area (Å²) in [6.45, 7) is 7.10. The zero-order chi connectivity index (χ0) is 14.9. The quantitative estimate of drug-likeness (QED) is 0.775. The lowest BCUT2D eigenvalue weighted by molar-refractivity contribution is 0.0937. The van der Waals surface area contributed by atoms with Crippen LogP contribution in [0.5, 0.6) is 0 Å². The summed E-state index contributed by atoms with van der Waals surface area (Å²) in [5.74, 6) is 0.169. The Morgan fingerprint density at radius 2 is 2.05 bits per heavy atom. The summed E-state index contributed by atoms with van der Waals surface area (Å²) >= 11 is 0. The average molecular weight is 285 g/mol. The first-order valence-electron chi connectivity index (χ1n) is 7.89. The van der Waals surface area contributed by atoms with Gasteiger partial charge in [0.25, 0.3) is 0 Å². The molecule has 0 saturated carbocycles. The minimum Gasteiger partial charge on any atom is -0.464 e. The zero-order valence-electron chi connectivity index (χ0n) is 12.9. The molecule has 21 heavy (non-hydrogen) atoms. The van der Waals surface area contributed by atoms with Gasteiger partial charge in [0, 0.05) is 11.9 Å². The van der Waals surface area contributed by atoms with Gasteiger partial charge in [-0.25, -0.2) is 0 Å². The number of carbonyl (C=O) groups excluding carboxylic acids is 1. The van der Waals surface area contributed by atoms with E-state index < -0.39 is 0 Å². The summed E-state index contributed by atoms with van der Waals surface area (Å²) in [4.78, 5) is 14.9. The van der Waals surface area contributed by atoms with E-state index in [1.165, 1.54) is 19.3 Å². The summed E-state index contributed by atoms with van der Waals surface area (Å²) in [6, 6.07) is 7.74. The molecule has 1 aliphatic rings. The smallest absolute Gasteiger partial charge is 0.180 e. The van der Waals surface area contributed by atoms with Crippen LogP contribution in [0.2, 0.25) is 0 Å². The van der Waals surface area contributed by atoms with Crippen LogP contribution in [0.3, 0.4) is 0 Å². The van der Waals surface area contributed by atoms with E-state index >= 15 is 0 Å². The van der Waals surface area contributed by atoms with Gasteiger partial charge < -0.3 is 4.42 Å². The lowest BCUT2D eigenvalue weighted by atomic mass is 9.82. The van der Waals surface area contributed by atoms with Crippen molar-refractivity contribution < 1.29 is 9.21 Å². The molecule has 1 fully saturated rings. The Bertz CT molecular complexity index is 639. The van der Waals surface area contributed by atoms with Crippen molar-refractivity contribution in [2.75, 3.05) is 19.6 Å². The lowest BCUT2D eigenvalue weighted by Crippen LogP contribution is -2.30. The van der Waals surface area contributed by atoms with E-state index in [2.05, 4.69) is 18.7 Å². The highest BCUT2D eigenvalue weighted by molar-refractivity contribution is 6.08. The number of para-hydroxylation sites is 1. The molecular weight excluding hydrogens is 262 g/mol. The average Bonchev–Trinajstić information content (AvgIpc) is 3.11. The molecule has 112 valence electrons. The van der Waals surface area contributed by atoms with E-state index in [1.807, 2.05) is 24.3 Å². The lowest BCUT2D eigenvalue weighted by Gasteiger charge is -2.26. The van der Waals surface area contributed by atoms with Gasteiger partial charge in [0.15, 0.2) is 5.78 Å². The summed E-state index contributed by atoms with van der Waals surface area (Å²) in [6.07, 6.45) is 5.21. The molecule has 1 aromatic heterocycles. The zero-order valence-corrected chi connectivity index (χ0v) is 12.9. The van der Waals surface area contributed by atoms with E-state index in [4.69, 9.17) is 4.42 Å². The minimum absolute atomic E-state index is 0.169. The third-order valence-electron chi connectivity index (χ3n) is 5.17. The number of likely N-dealkylation sites (tertiary alicyclic amines) is 1. The number of ketones is 1. The number of furan rings is 1. The normalized spacial score (nSPS) is 18.4. The van der Waals surface area contributed by atoms with E-state index in [0.29, 0.717) is 12.0 Å². The number of benzene rings is 1. The largest absolute Gasteiger partial charge is 0.464 e. The Morgan fingerprint density at radius 3 is 2.76 bits per heavy atom. The maximum absolute atomic E-state index is 12.6. The van der Waals surface area contributed by atoms with Crippen molar-refractivity contribution in [2.24, 2.45) is 5.41 Å². The first kappa shape index (κ1) is 14.3. The van der Waals surface area contributed by atoms with Crippen LogP contribution in [0.1, 0.15) is 43.5 Å². The molecule has 3 heteroatoms. The Morgan fingerprint density at radius 1 is 1.29 bits per heavy atom. The molecule has 1 saturated heterocycles. The molecule has 0 N–H and O–H groups in total. The van der Waals surface area contributed by atoms with Crippen molar-refractivity contribution >= 4 is 16.8 Å². The Labute approximate surface area is 125 Å². The summed E-state index contributed by atoms with van der Waals surface area (Å²) in [7, 11) is 0. The Balaban J connectivity index is 1.73. The number of nitrogens with zero attached hydrogens (tertiary/aromatic N) is 1. The fourth-order valence-corrected chi connectivity index (χ4v) is 3.47. The molecule has 0 aliphatic carbocycles. The molecule has 1 aromatic carbocycles. The van der Waals surface area contributed by atoms with Gasteiger partial charge >= 0.3 is 0 Å². The van der Waals surface area contributed by atoms with Crippen molar-refractivity contribution in [2.45, 2.75) is 33.1 Å². The number of hydrogen-bond acceptors (Lipinski definition) is 3. The number of fused-ring (bicyclic) bond motifs is 1. The standard InChI is InChI=1S/C18H23NO2/c1-3-18(4-2)9-10-19(13-18)11-16(20)15-12-21-17-8-6-5-7-14(15)17/h5-8,12H,3-4,9-11,13H2,1-2H3. The molecule has 0 unspecified atom stereocenters. The van der Waals surface area contributed by atoms with Crippen LogP contribution in [0.4, 0.5) is 0 Å². The van der Waals surface area contributed by atoms with Crippen molar-refractivity contribution in [3.05, 3.63) is 36.1 Å². The maximum atomic E-state index is 12.6. The third-order valence-corrected chi connectivity index (χ3v) is 5.17. The monoisotopic (exact) mass is 285 g/mol.